The van der Waals surface area contributed by atoms with Gasteiger partial charge >= 0.3 is 0 Å². The molecule has 0 aromatic rings. The zero-order valence-electron chi connectivity index (χ0n) is 25.4. The number of hydrogen-bond acceptors (Lipinski definition) is 7. The molecule has 7 nitrogen and oxygen atoms in total. The minimum atomic E-state index is 0.594. The first-order valence-electron chi connectivity index (χ1n) is 16.3. The first-order valence-corrected chi connectivity index (χ1v) is 16.3. The molecule has 0 aromatic heterocycles. The molecule has 38 heavy (non-hydrogen) atoms. The third kappa shape index (κ3) is 23.6. The highest BCUT2D eigenvalue weighted by atomic mass is 16.6. The lowest BCUT2D eigenvalue weighted by Crippen LogP contribution is -2.47. The molecule has 0 N–H and O–H groups in total. The zero-order chi connectivity index (χ0) is 27.2. The van der Waals surface area contributed by atoms with E-state index in [1.165, 1.54) is 103 Å². The van der Waals surface area contributed by atoms with Crippen molar-refractivity contribution in [1.29, 1.82) is 0 Å². The van der Waals surface area contributed by atoms with E-state index in [1.54, 1.807) is 0 Å². The van der Waals surface area contributed by atoms with Crippen LogP contribution in [0.2, 0.25) is 0 Å². The molecule has 228 valence electrons. The summed E-state index contributed by atoms with van der Waals surface area (Å²) >= 11 is 0. The predicted octanol–water partition coefficient (Wildman–Crippen LogP) is 6.84. The lowest BCUT2D eigenvalue weighted by atomic mass is 10.1. The second kappa shape index (κ2) is 29.7. The smallest absolute Gasteiger partial charge is 0.112 e. The highest BCUT2D eigenvalue weighted by molar-refractivity contribution is 4.59. The van der Waals surface area contributed by atoms with Crippen molar-refractivity contribution < 1.29 is 23.7 Å². The second-order valence-corrected chi connectivity index (χ2v) is 10.6. The fourth-order valence-electron chi connectivity index (χ4n) is 4.76. The monoisotopic (exact) mass is 544 g/mol. The van der Waals surface area contributed by atoms with Gasteiger partial charge in [0.1, 0.15) is 6.73 Å². The highest BCUT2D eigenvalue weighted by Gasteiger charge is 2.15. The Balaban J connectivity index is 2.52. The van der Waals surface area contributed by atoms with Crippen LogP contribution in [0.3, 0.4) is 0 Å². The Morgan fingerprint density at radius 1 is 0.368 bits per heavy atom. The number of hydrogen-bond donors (Lipinski definition) is 0. The first-order chi connectivity index (χ1) is 18.9. The molecule has 1 aliphatic rings. The van der Waals surface area contributed by atoms with Crippen molar-refractivity contribution in [3.8, 4) is 0 Å². The Hall–Kier alpha value is -0.280. The number of unbranched alkanes of at least 4 members (excludes halogenated alkanes) is 14. The minimum Gasteiger partial charge on any atom is -0.378 e. The van der Waals surface area contributed by atoms with Crippen LogP contribution in [-0.2, 0) is 23.7 Å². The van der Waals surface area contributed by atoms with E-state index in [2.05, 4.69) is 23.9 Å². The Labute approximate surface area is 236 Å². The van der Waals surface area contributed by atoms with Gasteiger partial charge in [-0.15, -0.1) is 0 Å². The Morgan fingerprint density at radius 2 is 0.711 bits per heavy atom. The molecule has 0 saturated carbocycles. The maximum atomic E-state index is 6.08. The molecule has 1 aliphatic heterocycles. The van der Waals surface area contributed by atoms with Crippen LogP contribution < -0.4 is 0 Å². The zero-order valence-corrected chi connectivity index (χ0v) is 25.4. The van der Waals surface area contributed by atoms with Gasteiger partial charge in [0, 0.05) is 19.6 Å². The third-order valence-corrected chi connectivity index (χ3v) is 7.16. The normalized spacial score (nSPS) is 18.8. The molecule has 0 radical (unpaired) electrons. The van der Waals surface area contributed by atoms with Gasteiger partial charge in [0.15, 0.2) is 0 Å². The molecule has 7 heteroatoms. The highest BCUT2D eigenvalue weighted by Crippen LogP contribution is 2.12. The minimum absolute atomic E-state index is 0.594. The van der Waals surface area contributed by atoms with E-state index in [9.17, 15) is 0 Å². The topological polar surface area (TPSA) is 52.6 Å². The average molecular weight is 545 g/mol. The molecule has 1 fully saturated rings. The average Bonchev–Trinajstić information content (AvgIpc) is 2.93. The predicted molar refractivity (Wildman–Crippen MR) is 158 cm³/mol. The fraction of sp³-hybridized carbons (Fsp3) is 1.00. The van der Waals surface area contributed by atoms with Crippen molar-refractivity contribution in [2.24, 2.45) is 0 Å². The summed E-state index contributed by atoms with van der Waals surface area (Å²) in [5, 5.41) is 4.93. The van der Waals surface area contributed by atoms with E-state index >= 15 is 0 Å². The summed E-state index contributed by atoms with van der Waals surface area (Å²) in [4.78, 5) is 0. The maximum Gasteiger partial charge on any atom is 0.112 e. The number of nitrogens with zero attached hydrogens (tertiary/aromatic N) is 2. The molecule has 1 heterocycles. The van der Waals surface area contributed by atoms with Crippen LogP contribution in [0.4, 0.5) is 0 Å². The van der Waals surface area contributed by atoms with Gasteiger partial charge in [-0.1, -0.05) is 104 Å². The first kappa shape index (κ1) is 35.7. The quantitative estimate of drug-likeness (QED) is 0.175. The van der Waals surface area contributed by atoms with Crippen LogP contribution in [0.1, 0.15) is 117 Å². The molecule has 0 bridgehead atoms. The van der Waals surface area contributed by atoms with Gasteiger partial charge in [-0.05, 0) is 12.8 Å². The molecule has 0 aromatic carbocycles. The van der Waals surface area contributed by atoms with Crippen LogP contribution >= 0.6 is 0 Å². The number of ether oxygens (including phenoxy) is 5. The van der Waals surface area contributed by atoms with Crippen LogP contribution in [0, 0.1) is 0 Å². The molecule has 0 amide bonds. The molecular formula is C31H64N2O5. The molecule has 0 unspecified atom stereocenters. The Kier molecular flexibility index (Phi) is 27.9. The maximum absolute atomic E-state index is 6.08. The van der Waals surface area contributed by atoms with Crippen molar-refractivity contribution in [2.75, 3.05) is 85.8 Å². The molecule has 0 aliphatic carbocycles. The summed E-state index contributed by atoms with van der Waals surface area (Å²) in [7, 11) is 0. The van der Waals surface area contributed by atoms with Crippen LogP contribution in [0.25, 0.3) is 0 Å². The van der Waals surface area contributed by atoms with Gasteiger partial charge in [0.05, 0.1) is 59.5 Å². The molecule has 1 rings (SSSR count). The van der Waals surface area contributed by atoms with E-state index in [4.69, 9.17) is 23.7 Å². The van der Waals surface area contributed by atoms with Crippen molar-refractivity contribution >= 4 is 0 Å². The standard InChI is InChI=1S/C31H64N2O5/c1-3-5-7-9-11-13-15-17-19-32-21-22-34-23-24-35-25-26-36-27-28-37-29-30-38-31-33(32)20-18-16-14-12-10-8-6-4-2/h3-31H2,1-2H3. The van der Waals surface area contributed by atoms with E-state index in [0.29, 0.717) is 66.2 Å². The lowest BCUT2D eigenvalue weighted by molar-refractivity contribution is -0.123. The third-order valence-electron chi connectivity index (χ3n) is 7.16. The van der Waals surface area contributed by atoms with Crippen LogP contribution in [-0.4, -0.2) is 95.8 Å². The second-order valence-electron chi connectivity index (χ2n) is 10.6. The van der Waals surface area contributed by atoms with Crippen molar-refractivity contribution in [1.82, 2.24) is 10.0 Å². The van der Waals surface area contributed by atoms with Gasteiger partial charge in [0.25, 0.3) is 0 Å². The fourth-order valence-corrected chi connectivity index (χ4v) is 4.76. The van der Waals surface area contributed by atoms with E-state index in [1.807, 2.05) is 0 Å². The number of rotatable bonds is 18. The molecule has 0 atom stereocenters. The van der Waals surface area contributed by atoms with Gasteiger partial charge in [-0.25, -0.2) is 10.0 Å². The summed E-state index contributed by atoms with van der Waals surface area (Å²) in [6.45, 7) is 13.8. The summed E-state index contributed by atoms with van der Waals surface area (Å²) in [6, 6.07) is 0. The molecule has 1 saturated heterocycles. The largest absolute Gasteiger partial charge is 0.378 e. The molecular weight excluding hydrogens is 480 g/mol. The molecule has 0 spiro atoms. The Morgan fingerprint density at radius 3 is 1.16 bits per heavy atom. The number of hydrazine groups is 1. The Bertz CT molecular complexity index is 418. The SMILES string of the molecule is CCCCCCCCCCN1CCOCCOCCOCCOCCOCN1CCCCCCCCCC. The van der Waals surface area contributed by atoms with Crippen molar-refractivity contribution in [3.63, 3.8) is 0 Å². The van der Waals surface area contributed by atoms with Crippen molar-refractivity contribution in [2.45, 2.75) is 117 Å². The van der Waals surface area contributed by atoms with Gasteiger partial charge < -0.3 is 23.7 Å². The summed E-state index contributed by atoms with van der Waals surface area (Å²) < 4.78 is 28.9. The van der Waals surface area contributed by atoms with Crippen LogP contribution in [0.15, 0.2) is 0 Å². The van der Waals surface area contributed by atoms with E-state index < -0.39 is 0 Å². The summed E-state index contributed by atoms with van der Waals surface area (Å²) in [6.07, 6.45) is 21.4. The van der Waals surface area contributed by atoms with Gasteiger partial charge in [0.2, 0.25) is 0 Å². The lowest BCUT2D eigenvalue weighted by Gasteiger charge is -2.35. The van der Waals surface area contributed by atoms with Gasteiger partial charge in [-0.2, -0.15) is 0 Å². The van der Waals surface area contributed by atoms with E-state index in [0.717, 1.165) is 19.6 Å². The van der Waals surface area contributed by atoms with E-state index in [-0.39, 0.29) is 0 Å². The summed E-state index contributed by atoms with van der Waals surface area (Å²) in [5.74, 6) is 0. The van der Waals surface area contributed by atoms with Gasteiger partial charge in [-0.3, -0.25) is 0 Å². The summed E-state index contributed by atoms with van der Waals surface area (Å²) in [5.41, 5.74) is 0. The van der Waals surface area contributed by atoms with Crippen molar-refractivity contribution in [3.05, 3.63) is 0 Å². The van der Waals surface area contributed by atoms with Crippen LogP contribution in [0.5, 0.6) is 0 Å².